The third-order valence-electron chi connectivity index (χ3n) is 4.62. The van der Waals surface area contributed by atoms with Crippen molar-refractivity contribution in [3.05, 3.63) is 53.2 Å². The lowest BCUT2D eigenvalue weighted by Gasteiger charge is -2.12. The Morgan fingerprint density at radius 1 is 1.15 bits per heavy atom. The Morgan fingerprint density at radius 2 is 1.85 bits per heavy atom. The van der Waals surface area contributed by atoms with E-state index in [9.17, 15) is 21.6 Å². The molecule has 8 heteroatoms. The smallest absolute Gasteiger partial charge is 0.433 e. The summed E-state index contributed by atoms with van der Waals surface area (Å²) < 4.78 is 68.0. The number of sulfone groups is 1. The lowest BCUT2D eigenvalue weighted by atomic mass is 10.1. The van der Waals surface area contributed by atoms with Gasteiger partial charge in [-0.1, -0.05) is 12.1 Å². The molecule has 0 amide bonds. The van der Waals surface area contributed by atoms with Crippen LogP contribution in [-0.2, 0) is 28.9 Å². The number of nitrogens with zero attached hydrogens (tertiary/aromatic N) is 1. The lowest BCUT2D eigenvalue weighted by Crippen LogP contribution is -2.23. The van der Waals surface area contributed by atoms with Crippen molar-refractivity contribution in [2.75, 3.05) is 5.75 Å². The van der Waals surface area contributed by atoms with Crippen LogP contribution in [0.5, 0.6) is 11.6 Å². The van der Waals surface area contributed by atoms with E-state index in [0.717, 1.165) is 17.2 Å². The molecule has 3 rings (SSSR count). The van der Waals surface area contributed by atoms with Gasteiger partial charge in [0.25, 0.3) is 0 Å². The second-order valence-electron chi connectivity index (χ2n) is 7.04. The molecule has 0 saturated carbocycles. The zero-order chi connectivity index (χ0) is 19.8. The highest BCUT2D eigenvalue weighted by molar-refractivity contribution is 7.91. The highest BCUT2D eigenvalue weighted by atomic mass is 32.2. The number of rotatable bonds is 5. The van der Waals surface area contributed by atoms with Gasteiger partial charge in [0.2, 0.25) is 5.88 Å². The van der Waals surface area contributed by atoms with Gasteiger partial charge >= 0.3 is 6.18 Å². The minimum absolute atomic E-state index is 0.00864. The van der Waals surface area contributed by atoms with Gasteiger partial charge in [0, 0.05) is 6.07 Å². The van der Waals surface area contributed by atoms with Crippen LogP contribution in [0.2, 0.25) is 0 Å². The summed E-state index contributed by atoms with van der Waals surface area (Å²) in [6, 6.07) is 8.74. The number of fused-ring (bicyclic) bond motifs is 1. The van der Waals surface area contributed by atoms with Crippen LogP contribution in [0.3, 0.4) is 0 Å². The fourth-order valence-electron chi connectivity index (χ4n) is 3.14. The average Bonchev–Trinajstić information content (AvgIpc) is 2.95. The molecule has 0 radical (unpaired) electrons. The van der Waals surface area contributed by atoms with Gasteiger partial charge in [0.1, 0.15) is 11.4 Å². The van der Waals surface area contributed by atoms with Gasteiger partial charge in [-0.2, -0.15) is 13.2 Å². The normalized spacial score (nSPS) is 17.2. The molecule has 1 aliphatic rings. The highest BCUT2D eigenvalue weighted by Gasteiger charge is 2.33. The van der Waals surface area contributed by atoms with E-state index in [1.165, 1.54) is 12.1 Å². The third-order valence-corrected chi connectivity index (χ3v) is 6.99. The quantitative estimate of drug-likeness (QED) is 0.746. The molecule has 0 N–H and O–H groups in total. The summed E-state index contributed by atoms with van der Waals surface area (Å²) in [7, 11) is -3.12. The average molecular weight is 399 g/mol. The molecule has 1 aromatic carbocycles. The van der Waals surface area contributed by atoms with E-state index in [1.807, 2.05) is 6.07 Å². The molecule has 0 saturated heterocycles. The molecule has 0 fully saturated rings. The number of hydrogen-bond acceptors (Lipinski definition) is 4. The highest BCUT2D eigenvalue weighted by Crippen LogP contribution is 2.33. The Hall–Kier alpha value is -2.09. The maximum Gasteiger partial charge on any atom is 0.433 e. The largest absolute Gasteiger partial charge is 0.439 e. The molecule has 146 valence electrons. The van der Waals surface area contributed by atoms with Crippen LogP contribution in [-0.4, -0.2) is 24.4 Å². The Morgan fingerprint density at radius 3 is 2.52 bits per heavy atom. The van der Waals surface area contributed by atoms with Crippen molar-refractivity contribution >= 4 is 9.84 Å². The van der Waals surface area contributed by atoms with E-state index in [-0.39, 0.29) is 17.6 Å². The predicted molar refractivity (Wildman–Crippen MR) is 95.6 cm³/mol. The summed E-state index contributed by atoms with van der Waals surface area (Å²) in [5.41, 5.74) is 0.992. The lowest BCUT2D eigenvalue weighted by molar-refractivity contribution is -0.141. The molecular formula is C19H20F3NO3S. The molecule has 4 nitrogen and oxygen atoms in total. The van der Waals surface area contributed by atoms with Crippen LogP contribution >= 0.6 is 0 Å². The first-order chi connectivity index (χ1) is 12.5. The van der Waals surface area contributed by atoms with Gasteiger partial charge in [-0.25, -0.2) is 13.4 Å². The van der Waals surface area contributed by atoms with Crippen molar-refractivity contribution in [1.82, 2.24) is 4.98 Å². The van der Waals surface area contributed by atoms with Crippen LogP contribution in [0.25, 0.3) is 0 Å². The van der Waals surface area contributed by atoms with Crippen LogP contribution < -0.4 is 4.74 Å². The van der Waals surface area contributed by atoms with E-state index in [4.69, 9.17) is 4.74 Å². The fraction of sp³-hybridized carbons (Fsp3) is 0.421. The van der Waals surface area contributed by atoms with E-state index < -0.39 is 27.0 Å². The molecule has 2 aromatic rings. The van der Waals surface area contributed by atoms with Crippen molar-refractivity contribution < 1.29 is 26.3 Å². The maximum absolute atomic E-state index is 12.8. The number of halogens is 3. The molecule has 0 spiro atoms. The first-order valence-electron chi connectivity index (χ1n) is 8.60. The Bertz CT molecular complexity index is 939. The molecule has 0 aliphatic heterocycles. The first kappa shape index (κ1) is 19.7. The predicted octanol–water partition coefficient (Wildman–Crippen LogP) is 4.43. The second kappa shape index (κ2) is 7.14. The monoisotopic (exact) mass is 399 g/mol. The summed E-state index contributed by atoms with van der Waals surface area (Å²) in [4.78, 5) is 3.49. The number of hydrogen-bond donors (Lipinski definition) is 0. The van der Waals surface area contributed by atoms with E-state index in [1.54, 1.807) is 26.0 Å². The van der Waals surface area contributed by atoms with Crippen LogP contribution in [0.15, 0.2) is 36.4 Å². The molecular weight excluding hydrogens is 379 g/mol. The van der Waals surface area contributed by atoms with Crippen molar-refractivity contribution in [2.24, 2.45) is 5.92 Å². The Labute approximate surface area is 156 Å². The summed E-state index contributed by atoms with van der Waals surface area (Å²) in [6.45, 7) is 3.34. The molecule has 1 heterocycles. The van der Waals surface area contributed by atoms with Crippen LogP contribution in [0.1, 0.15) is 30.7 Å². The van der Waals surface area contributed by atoms with Crippen molar-refractivity contribution in [1.29, 1.82) is 0 Å². The number of benzene rings is 1. The molecule has 1 aromatic heterocycles. The van der Waals surface area contributed by atoms with Crippen LogP contribution in [0, 0.1) is 5.92 Å². The van der Waals surface area contributed by atoms with E-state index in [0.29, 0.717) is 18.6 Å². The van der Waals surface area contributed by atoms with Gasteiger partial charge in [0.15, 0.2) is 9.84 Å². The summed E-state index contributed by atoms with van der Waals surface area (Å²) in [6.07, 6.45) is -3.26. The fourth-order valence-corrected chi connectivity index (χ4v) is 4.42. The van der Waals surface area contributed by atoms with Crippen molar-refractivity contribution in [2.45, 2.75) is 38.1 Å². The summed E-state index contributed by atoms with van der Waals surface area (Å²) in [5, 5.41) is -0.410. The van der Waals surface area contributed by atoms with Gasteiger partial charge in [0.05, 0.1) is 11.0 Å². The van der Waals surface area contributed by atoms with Gasteiger partial charge in [-0.05, 0) is 61.9 Å². The number of pyridine rings is 1. The molecule has 27 heavy (non-hydrogen) atoms. The molecule has 1 atom stereocenters. The topological polar surface area (TPSA) is 56.3 Å². The third kappa shape index (κ3) is 4.61. The Kier molecular flexibility index (Phi) is 5.20. The number of ether oxygens (including phenoxy) is 1. The van der Waals surface area contributed by atoms with E-state index >= 15 is 0 Å². The standard InChI is InChI=1S/C19H20F3NO3S/c1-12(2)27(24,25)11-13-8-14-6-7-16(10-15(14)9-13)26-18-5-3-4-17(23-18)19(20,21)22/h3-7,10,12-13H,8-9,11H2,1-2H3/t13-/m0/s1. The maximum atomic E-state index is 12.8. The molecule has 0 unspecified atom stereocenters. The number of aromatic nitrogens is 1. The van der Waals surface area contributed by atoms with Crippen molar-refractivity contribution in [3.63, 3.8) is 0 Å². The van der Waals surface area contributed by atoms with Crippen LogP contribution in [0.4, 0.5) is 13.2 Å². The minimum atomic E-state index is -4.54. The molecule has 0 bridgehead atoms. The SMILES string of the molecule is CC(C)S(=O)(=O)C[C@H]1Cc2ccc(Oc3cccc(C(F)(F)F)n3)cc2C1. The molecule has 1 aliphatic carbocycles. The van der Waals surface area contributed by atoms with Gasteiger partial charge < -0.3 is 4.74 Å². The first-order valence-corrected chi connectivity index (χ1v) is 10.3. The van der Waals surface area contributed by atoms with E-state index in [2.05, 4.69) is 4.98 Å². The number of alkyl halides is 3. The van der Waals surface area contributed by atoms with Gasteiger partial charge in [-0.15, -0.1) is 0 Å². The zero-order valence-electron chi connectivity index (χ0n) is 15.0. The van der Waals surface area contributed by atoms with Crippen molar-refractivity contribution in [3.8, 4) is 11.6 Å². The summed E-state index contributed by atoms with van der Waals surface area (Å²) >= 11 is 0. The van der Waals surface area contributed by atoms with Gasteiger partial charge in [-0.3, -0.25) is 0 Å². The second-order valence-corrected chi connectivity index (χ2v) is 9.65. The Balaban J connectivity index is 1.73. The summed E-state index contributed by atoms with van der Waals surface area (Å²) in [5.74, 6) is 0.383. The minimum Gasteiger partial charge on any atom is -0.439 e. The zero-order valence-corrected chi connectivity index (χ0v) is 15.8.